The van der Waals surface area contributed by atoms with E-state index in [0.29, 0.717) is 25.2 Å². The summed E-state index contributed by atoms with van der Waals surface area (Å²) in [6, 6.07) is 1.57. The molecule has 0 unspecified atom stereocenters. The third-order valence-corrected chi connectivity index (χ3v) is 2.64. The van der Waals surface area contributed by atoms with Crippen LogP contribution < -0.4 is 5.73 Å². The second-order valence-corrected chi connectivity index (χ2v) is 4.01. The minimum Gasteiger partial charge on any atom is -0.330 e. The van der Waals surface area contributed by atoms with Crippen LogP contribution in [0, 0.1) is 21.7 Å². The molecule has 2 aromatic rings. The van der Waals surface area contributed by atoms with Crippen molar-refractivity contribution in [1.29, 1.82) is 0 Å². The molecule has 0 amide bonds. The van der Waals surface area contributed by atoms with E-state index in [0.717, 1.165) is 12.1 Å². The predicted molar refractivity (Wildman–Crippen MR) is 65.8 cm³/mol. The number of nitro benzene ring substituents is 1. The van der Waals surface area contributed by atoms with Gasteiger partial charge in [-0.05, 0) is 19.0 Å². The zero-order valence-corrected chi connectivity index (χ0v) is 10.3. The number of hydrogen-bond donors (Lipinski definition) is 2. The topological polar surface area (TPSA) is 111 Å². The van der Waals surface area contributed by atoms with Gasteiger partial charge in [0.15, 0.2) is 5.82 Å². The van der Waals surface area contributed by atoms with Gasteiger partial charge in [-0.2, -0.15) is 9.49 Å². The lowest BCUT2D eigenvalue weighted by molar-refractivity contribution is -0.387. The van der Waals surface area contributed by atoms with Gasteiger partial charge < -0.3 is 5.73 Å². The highest BCUT2D eigenvalue weighted by Gasteiger charge is 2.25. The van der Waals surface area contributed by atoms with Gasteiger partial charge in [-0.1, -0.05) is 0 Å². The second kappa shape index (κ2) is 5.70. The Morgan fingerprint density at radius 2 is 2.15 bits per heavy atom. The number of nitrogens with two attached hydrogens (primary N) is 1. The minimum atomic E-state index is -1.29. The van der Waals surface area contributed by atoms with Crippen molar-refractivity contribution < 1.29 is 13.7 Å². The summed E-state index contributed by atoms with van der Waals surface area (Å²) in [5.41, 5.74) is 3.90. The molecule has 106 valence electrons. The Bertz CT molecular complexity index is 644. The number of nitrogens with zero attached hydrogens (tertiary/aromatic N) is 3. The van der Waals surface area contributed by atoms with Gasteiger partial charge in [0, 0.05) is 12.5 Å². The molecule has 0 spiro atoms. The Morgan fingerprint density at radius 1 is 1.40 bits per heavy atom. The molecular formula is C11H11F2N5O2. The van der Waals surface area contributed by atoms with Crippen molar-refractivity contribution in [2.45, 2.75) is 12.8 Å². The van der Waals surface area contributed by atoms with Crippen LogP contribution in [0.1, 0.15) is 12.2 Å². The second-order valence-electron chi connectivity index (χ2n) is 4.01. The van der Waals surface area contributed by atoms with Crippen molar-refractivity contribution in [2.24, 2.45) is 5.73 Å². The lowest BCUT2D eigenvalue weighted by atomic mass is 10.1. The number of H-pyrrole nitrogens is 1. The Balaban J connectivity index is 2.44. The van der Waals surface area contributed by atoms with E-state index in [1.807, 2.05) is 0 Å². The third-order valence-electron chi connectivity index (χ3n) is 2.64. The summed E-state index contributed by atoms with van der Waals surface area (Å²) in [6.07, 6.45) is 1.11. The molecule has 1 aromatic carbocycles. The molecule has 2 rings (SSSR count). The van der Waals surface area contributed by atoms with Gasteiger partial charge in [-0.25, -0.2) is 9.37 Å². The fourth-order valence-corrected chi connectivity index (χ4v) is 1.68. The summed E-state index contributed by atoms with van der Waals surface area (Å²) in [6.45, 7) is 0.440. The van der Waals surface area contributed by atoms with Gasteiger partial charge in [0.1, 0.15) is 11.6 Å². The van der Waals surface area contributed by atoms with Crippen molar-refractivity contribution in [3.63, 3.8) is 0 Å². The molecule has 0 fully saturated rings. The first-order valence-electron chi connectivity index (χ1n) is 5.78. The van der Waals surface area contributed by atoms with Crippen LogP contribution in [0.2, 0.25) is 0 Å². The van der Waals surface area contributed by atoms with Crippen LogP contribution in [0.5, 0.6) is 0 Å². The number of aromatic nitrogens is 3. The van der Waals surface area contributed by atoms with Crippen LogP contribution in [-0.2, 0) is 6.42 Å². The van der Waals surface area contributed by atoms with Gasteiger partial charge in [0.25, 0.3) is 0 Å². The number of rotatable bonds is 5. The number of nitro groups is 1. The molecule has 9 heteroatoms. The van der Waals surface area contributed by atoms with Crippen molar-refractivity contribution in [3.05, 3.63) is 39.7 Å². The van der Waals surface area contributed by atoms with Crippen molar-refractivity contribution >= 4 is 5.69 Å². The van der Waals surface area contributed by atoms with Crippen LogP contribution in [0.25, 0.3) is 11.4 Å². The van der Waals surface area contributed by atoms with E-state index >= 15 is 0 Å². The molecule has 1 aromatic heterocycles. The van der Waals surface area contributed by atoms with E-state index in [2.05, 4.69) is 15.2 Å². The van der Waals surface area contributed by atoms with Crippen molar-refractivity contribution in [2.75, 3.05) is 6.54 Å². The Labute approximate surface area is 112 Å². The maximum atomic E-state index is 13.9. The van der Waals surface area contributed by atoms with Gasteiger partial charge in [0.2, 0.25) is 5.82 Å². The molecule has 0 saturated heterocycles. The number of aromatic amines is 1. The molecule has 0 aliphatic heterocycles. The number of benzene rings is 1. The molecule has 3 N–H and O–H groups in total. The van der Waals surface area contributed by atoms with Crippen LogP contribution in [-0.4, -0.2) is 26.6 Å². The van der Waals surface area contributed by atoms with Gasteiger partial charge >= 0.3 is 5.69 Å². The van der Waals surface area contributed by atoms with Crippen molar-refractivity contribution in [3.8, 4) is 11.4 Å². The fraction of sp³-hybridized carbons (Fsp3) is 0.273. The van der Waals surface area contributed by atoms with Gasteiger partial charge in [-0.15, -0.1) is 0 Å². The molecule has 0 saturated carbocycles. The van der Waals surface area contributed by atoms with E-state index in [1.54, 1.807) is 0 Å². The Morgan fingerprint density at radius 3 is 2.80 bits per heavy atom. The molecule has 1 heterocycles. The maximum absolute atomic E-state index is 13.9. The molecule has 0 radical (unpaired) electrons. The van der Waals surface area contributed by atoms with E-state index in [4.69, 9.17) is 5.73 Å². The molecular weight excluding hydrogens is 272 g/mol. The number of aryl methyl sites for hydroxylation is 1. The lowest BCUT2D eigenvalue weighted by Crippen LogP contribution is -2.01. The molecule has 7 nitrogen and oxygen atoms in total. The van der Waals surface area contributed by atoms with Gasteiger partial charge in [-0.3, -0.25) is 15.2 Å². The molecule has 0 aliphatic carbocycles. The zero-order chi connectivity index (χ0) is 14.7. The Hall–Kier alpha value is -2.42. The lowest BCUT2D eigenvalue weighted by Gasteiger charge is -2.01. The highest BCUT2D eigenvalue weighted by molar-refractivity contribution is 5.61. The Kier molecular flexibility index (Phi) is 3.99. The minimum absolute atomic E-state index is 0.254. The summed E-state index contributed by atoms with van der Waals surface area (Å²) in [5.74, 6) is -2.09. The van der Waals surface area contributed by atoms with Crippen LogP contribution in [0.3, 0.4) is 0 Å². The third kappa shape index (κ3) is 2.62. The van der Waals surface area contributed by atoms with Crippen LogP contribution in [0.15, 0.2) is 12.1 Å². The number of nitrogens with one attached hydrogen (secondary N) is 1. The van der Waals surface area contributed by atoms with Gasteiger partial charge in [0.05, 0.1) is 10.5 Å². The van der Waals surface area contributed by atoms with Crippen LogP contribution in [0.4, 0.5) is 14.5 Å². The first-order valence-corrected chi connectivity index (χ1v) is 5.78. The van der Waals surface area contributed by atoms with E-state index in [9.17, 15) is 18.9 Å². The molecule has 0 atom stereocenters. The zero-order valence-electron chi connectivity index (χ0n) is 10.3. The highest BCUT2D eigenvalue weighted by atomic mass is 19.1. The van der Waals surface area contributed by atoms with Crippen molar-refractivity contribution in [1.82, 2.24) is 15.2 Å². The van der Waals surface area contributed by atoms with Crippen LogP contribution >= 0.6 is 0 Å². The first kappa shape index (κ1) is 14.0. The summed E-state index contributed by atoms with van der Waals surface area (Å²) < 4.78 is 27.6. The highest BCUT2D eigenvalue weighted by Crippen LogP contribution is 2.29. The average Bonchev–Trinajstić information content (AvgIpc) is 2.84. The summed E-state index contributed by atoms with van der Waals surface area (Å²) in [5, 5.41) is 16.8. The monoisotopic (exact) mass is 283 g/mol. The van der Waals surface area contributed by atoms with E-state index in [-0.39, 0.29) is 5.82 Å². The number of halogens is 2. The molecule has 0 aliphatic rings. The standard InChI is InChI=1S/C11H11F2N5O2/c12-6-3-4-7(18(19)20)10(13)9(6)11-15-8(16-17-11)2-1-5-14/h3-4H,1-2,5,14H2,(H,15,16,17). The van der Waals surface area contributed by atoms with E-state index in [1.165, 1.54) is 0 Å². The largest absolute Gasteiger partial charge is 0.330 e. The molecule has 0 bridgehead atoms. The quantitative estimate of drug-likeness (QED) is 0.638. The number of hydrogen-bond acceptors (Lipinski definition) is 5. The smallest absolute Gasteiger partial charge is 0.305 e. The average molecular weight is 283 g/mol. The summed E-state index contributed by atoms with van der Waals surface area (Å²) in [4.78, 5) is 13.6. The molecule has 20 heavy (non-hydrogen) atoms. The summed E-state index contributed by atoms with van der Waals surface area (Å²) >= 11 is 0. The SMILES string of the molecule is NCCCc1nc(-c2c(F)ccc([N+](=O)[O-])c2F)n[nH]1. The van der Waals surface area contributed by atoms with E-state index < -0.39 is 27.8 Å². The fourth-order valence-electron chi connectivity index (χ4n) is 1.68. The first-order chi connectivity index (χ1) is 9.54. The predicted octanol–water partition coefficient (Wildman–Crippen LogP) is 1.55. The normalized spacial score (nSPS) is 10.8. The maximum Gasteiger partial charge on any atom is 0.305 e. The summed E-state index contributed by atoms with van der Waals surface area (Å²) in [7, 11) is 0.